The molecule has 1 atom stereocenters. The highest BCUT2D eigenvalue weighted by Gasteiger charge is 2.30. The molecule has 1 fully saturated rings. The van der Waals surface area contributed by atoms with Crippen molar-refractivity contribution in [1.29, 1.82) is 0 Å². The van der Waals surface area contributed by atoms with Crippen molar-refractivity contribution >= 4 is 0 Å². The standard InChI is InChI=1S/C16H25NO3/c1-3-10-20-15-6-4-14(5-7-15)16(2,18)13-17-8-11-19-12-9-17/h4-7,18H,3,8-13H2,1-2H3/p+1/t16-/m1/s1. The molecule has 0 spiro atoms. The fraction of sp³-hybridized carbons (Fsp3) is 0.625. The van der Waals surface area contributed by atoms with Gasteiger partial charge in [0, 0.05) is 0 Å². The van der Waals surface area contributed by atoms with E-state index in [9.17, 15) is 5.11 Å². The van der Waals surface area contributed by atoms with Crippen LogP contribution in [0.2, 0.25) is 0 Å². The van der Waals surface area contributed by atoms with Gasteiger partial charge in [-0.3, -0.25) is 0 Å². The number of ether oxygens (including phenoxy) is 2. The van der Waals surface area contributed by atoms with Crippen LogP contribution in [0.1, 0.15) is 25.8 Å². The second kappa shape index (κ2) is 7.07. The third-order valence-electron chi connectivity index (χ3n) is 3.74. The highest BCUT2D eigenvalue weighted by Crippen LogP contribution is 2.22. The van der Waals surface area contributed by atoms with Gasteiger partial charge >= 0.3 is 0 Å². The van der Waals surface area contributed by atoms with Gasteiger partial charge in [-0.15, -0.1) is 0 Å². The third kappa shape index (κ3) is 4.20. The first kappa shape index (κ1) is 15.3. The van der Waals surface area contributed by atoms with E-state index in [4.69, 9.17) is 9.47 Å². The predicted molar refractivity (Wildman–Crippen MR) is 78.2 cm³/mol. The molecule has 1 aromatic carbocycles. The van der Waals surface area contributed by atoms with E-state index in [1.807, 2.05) is 31.2 Å². The van der Waals surface area contributed by atoms with Gasteiger partial charge in [0.25, 0.3) is 0 Å². The summed E-state index contributed by atoms with van der Waals surface area (Å²) in [6.07, 6.45) is 1.000. The number of rotatable bonds is 6. The van der Waals surface area contributed by atoms with E-state index in [2.05, 4.69) is 6.92 Å². The van der Waals surface area contributed by atoms with Crippen molar-refractivity contribution in [3.05, 3.63) is 29.8 Å². The lowest BCUT2D eigenvalue weighted by Gasteiger charge is -2.31. The maximum Gasteiger partial charge on any atom is 0.135 e. The van der Waals surface area contributed by atoms with Gasteiger partial charge in [-0.05, 0) is 31.0 Å². The molecule has 1 aliphatic heterocycles. The molecule has 0 unspecified atom stereocenters. The van der Waals surface area contributed by atoms with Gasteiger partial charge in [0.1, 0.15) is 31.0 Å². The number of morpholine rings is 1. The first-order valence-electron chi connectivity index (χ1n) is 7.49. The van der Waals surface area contributed by atoms with E-state index in [-0.39, 0.29) is 0 Å². The van der Waals surface area contributed by atoms with Gasteiger partial charge in [0.2, 0.25) is 0 Å². The van der Waals surface area contributed by atoms with Gasteiger partial charge in [-0.2, -0.15) is 0 Å². The van der Waals surface area contributed by atoms with E-state index in [0.717, 1.165) is 50.6 Å². The van der Waals surface area contributed by atoms with Gasteiger partial charge in [0.15, 0.2) is 0 Å². The number of hydrogen-bond acceptors (Lipinski definition) is 3. The van der Waals surface area contributed by atoms with Crippen molar-refractivity contribution in [2.24, 2.45) is 0 Å². The summed E-state index contributed by atoms with van der Waals surface area (Å²) in [4.78, 5) is 1.40. The Morgan fingerprint density at radius 3 is 2.50 bits per heavy atom. The van der Waals surface area contributed by atoms with Crippen molar-refractivity contribution in [2.75, 3.05) is 39.5 Å². The molecule has 20 heavy (non-hydrogen) atoms. The third-order valence-corrected chi connectivity index (χ3v) is 3.74. The Bertz CT molecular complexity index is 397. The summed E-state index contributed by atoms with van der Waals surface area (Å²) in [6, 6.07) is 7.80. The molecule has 2 N–H and O–H groups in total. The van der Waals surface area contributed by atoms with Gasteiger partial charge in [-0.1, -0.05) is 19.1 Å². The highest BCUT2D eigenvalue weighted by molar-refractivity contribution is 5.30. The van der Waals surface area contributed by atoms with Crippen molar-refractivity contribution in [3.63, 3.8) is 0 Å². The van der Waals surface area contributed by atoms with E-state index in [0.29, 0.717) is 6.54 Å². The van der Waals surface area contributed by atoms with Crippen LogP contribution in [-0.2, 0) is 10.3 Å². The molecule has 1 saturated heterocycles. The zero-order chi connectivity index (χ0) is 14.4. The quantitative estimate of drug-likeness (QED) is 0.802. The van der Waals surface area contributed by atoms with E-state index in [1.54, 1.807) is 0 Å². The molecule has 4 heteroatoms. The second-order valence-electron chi connectivity index (χ2n) is 5.69. The maximum absolute atomic E-state index is 10.7. The summed E-state index contributed by atoms with van der Waals surface area (Å²) in [5.41, 5.74) is 0.135. The minimum Gasteiger partial charge on any atom is -0.494 e. The minimum absolute atomic E-state index is 0.714. The monoisotopic (exact) mass is 280 g/mol. The normalized spacial score (nSPS) is 19.6. The molecule has 0 aliphatic carbocycles. The van der Waals surface area contributed by atoms with Crippen LogP contribution in [0, 0.1) is 0 Å². The fourth-order valence-electron chi connectivity index (χ4n) is 2.56. The Hall–Kier alpha value is -1.10. The smallest absolute Gasteiger partial charge is 0.135 e. The van der Waals surface area contributed by atoms with Gasteiger partial charge < -0.3 is 19.5 Å². The zero-order valence-electron chi connectivity index (χ0n) is 12.5. The first-order chi connectivity index (χ1) is 9.62. The molecule has 1 aromatic rings. The number of nitrogens with one attached hydrogen (secondary N) is 1. The average molecular weight is 280 g/mol. The fourth-order valence-corrected chi connectivity index (χ4v) is 2.56. The molecule has 0 saturated carbocycles. The van der Waals surface area contributed by atoms with Crippen LogP contribution in [0.15, 0.2) is 24.3 Å². The zero-order valence-corrected chi connectivity index (χ0v) is 12.5. The number of benzene rings is 1. The van der Waals surface area contributed by atoms with Crippen LogP contribution in [0.3, 0.4) is 0 Å². The molecule has 4 nitrogen and oxygen atoms in total. The van der Waals surface area contributed by atoms with Crippen LogP contribution in [0.4, 0.5) is 0 Å². The molecule has 2 rings (SSSR count). The Labute approximate surface area is 121 Å². The summed E-state index contributed by atoms with van der Waals surface area (Å²) in [5, 5.41) is 10.7. The Kier molecular flexibility index (Phi) is 5.40. The van der Waals surface area contributed by atoms with E-state index in [1.165, 1.54) is 4.90 Å². The number of aliphatic hydroxyl groups is 1. The molecule has 112 valence electrons. The Balaban J connectivity index is 1.96. The van der Waals surface area contributed by atoms with Crippen LogP contribution in [-0.4, -0.2) is 44.6 Å². The maximum atomic E-state index is 10.7. The van der Waals surface area contributed by atoms with Crippen molar-refractivity contribution in [3.8, 4) is 5.75 Å². The van der Waals surface area contributed by atoms with Crippen LogP contribution >= 0.6 is 0 Å². The van der Waals surface area contributed by atoms with Crippen LogP contribution in [0.25, 0.3) is 0 Å². The minimum atomic E-state index is -0.810. The predicted octanol–water partition coefficient (Wildman–Crippen LogP) is 0.598. The number of quaternary nitrogens is 1. The van der Waals surface area contributed by atoms with E-state index >= 15 is 0 Å². The summed E-state index contributed by atoms with van der Waals surface area (Å²) >= 11 is 0. The lowest BCUT2D eigenvalue weighted by molar-refractivity contribution is -0.915. The van der Waals surface area contributed by atoms with Crippen molar-refractivity contribution in [2.45, 2.75) is 25.9 Å². The average Bonchev–Trinajstić information content (AvgIpc) is 2.46. The lowest BCUT2D eigenvalue weighted by atomic mass is 9.95. The lowest BCUT2D eigenvalue weighted by Crippen LogP contribution is -3.15. The molecule has 1 aliphatic rings. The van der Waals surface area contributed by atoms with Crippen molar-refractivity contribution in [1.82, 2.24) is 0 Å². The SMILES string of the molecule is CCCOc1ccc([C@](C)(O)C[NH+]2CCOCC2)cc1. The summed E-state index contributed by atoms with van der Waals surface area (Å²) in [7, 11) is 0. The molecule has 1 heterocycles. The molecular formula is C16H26NO3+. The first-order valence-corrected chi connectivity index (χ1v) is 7.49. The topological polar surface area (TPSA) is 43.1 Å². The molecule has 0 amide bonds. The van der Waals surface area contributed by atoms with Crippen LogP contribution in [0.5, 0.6) is 5.75 Å². The summed E-state index contributed by atoms with van der Waals surface area (Å²) in [5.74, 6) is 0.866. The van der Waals surface area contributed by atoms with Gasteiger partial charge in [0.05, 0.1) is 19.8 Å². The molecule has 0 bridgehead atoms. The van der Waals surface area contributed by atoms with Gasteiger partial charge in [-0.25, -0.2) is 0 Å². The molecular weight excluding hydrogens is 254 g/mol. The Morgan fingerprint density at radius 2 is 1.90 bits per heavy atom. The van der Waals surface area contributed by atoms with E-state index < -0.39 is 5.60 Å². The highest BCUT2D eigenvalue weighted by atomic mass is 16.5. The molecule has 0 radical (unpaired) electrons. The largest absolute Gasteiger partial charge is 0.494 e. The Morgan fingerprint density at radius 1 is 1.25 bits per heavy atom. The summed E-state index contributed by atoms with van der Waals surface area (Å²) < 4.78 is 10.9. The second-order valence-corrected chi connectivity index (χ2v) is 5.69. The molecule has 0 aromatic heterocycles. The summed E-state index contributed by atoms with van der Waals surface area (Å²) in [6.45, 7) is 8.92. The van der Waals surface area contributed by atoms with Crippen LogP contribution < -0.4 is 9.64 Å². The van der Waals surface area contributed by atoms with Crippen molar-refractivity contribution < 1.29 is 19.5 Å². The number of hydrogen-bond donors (Lipinski definition) is 2.